The molecule has 2 aromatic rings. The summed E-state index contributed by atoms with van der Waals surface area (Å²) < 4.78 is 38.4. The van der Waals surface area contributed by atoms with E-state index < -0.39 is 11.7 Å². The molecule has 0 saturated heterocycles. The van der Waals surface area contributed by atoms with Crippen LogP contribution in [0.5, 0.6) is 0 Å². The number of rotatable bonds is 5. The van der Waals surface area contributed by atoms with E-state index in [9.17, 15) is 18.0 Å². The minimum atomic E-state index is -4.40. The zero-order valence-corrected chi connectivity index (χ0v) is 14.5. The van der Waals surface area contributed by atoms with Crippen LogP contribution in [0.1, 0.15) is 42.7 Å². The molecule has 0 N–H and O–H groups in total. The highest BCUT2D eigenvalue weighted by Crippen LogP contribution is 2.33. The van der Waals surface area contributed by atoms with Gasteiger partial charge in [0.05, 0.1) is 5.56 Å². The van der Waals surface area contributed by atoms with Crippen LogP contribution in [0.4, 0.5) is 13.2 Å². The molecule has 0 saturated carbocycles. The Balaban J connectivity index is 2.23. The molecule has 0 aliphatic rings. The highest BCUT2D eigenvalue weighted by molar-refractivity contribution is 7.13. The van der Waals surface area contributed by atoms with E-state index in [1.807, 2.05) is 13.8 Å². The van der Waals surface area contributed by atoms with Gasteiger partial charge in [0, 0.05) is 24.0 Å². The first-order valence-corrected chi connectivity index (χ1v) is 8.52. The molecule has 1 unspecified atom stereocenters. The van der Waals surface area contributed by atoms with Crippen molar-refractivity contribution in [2.24, 2.45) is 0 Å². The van der Waals surface area contributed by atoms with E-state index >= 15 is 0 Å². The van der Waals surface area contributed by atoms with Crippen molar-refractivity contribution >= 4 is 17.2 Å². The van der Waals surface area contributed by atoms with E-state index in [1.165, 1.54) is 17.4 Å². The molecule has 0 bridgehead atoms. The predicted octanol–water partition coefficient (Wildman–Crippen LogP) is 5.09. The largest absolute Gasteiger partial charge is 0.416 e. The Kier molecular flexibility index (Phi) is 5.64. The van der Waals surface area contributed by atoms with Gasteiger partial charge >= 0.3 is 6.18 Å². The van der Waals surface area contributed by atoms with Gasteiger partial charge in [0.2, 0.25) is 0 Å². The second-order valence-corrected chi connectivity index (χ2v) is 6.53. The SMILES string of the molecule is CCCC(C)N(C)C(=O)c1csc(-c2cccc(C(F)(F)F)c2)n1. The van der Waals surface area contributed by atoms with Crippen LogP contribution < -0.4 is 0 Å². The third-order valence-corrected chi connectivity index (χ3v) is 4.74. The first-order valence-electron chi connectivity index (χ1n) is 7.64. The highest BCUT2D eigenvalue weighted by Gasteiger charge is 2.30. The number of thiazole rings is 1. The minimum absolute atomic E-state index is 0.0845. The Hall–Kier alpha value is -1.89. The van der Waals surface area contributed by atoms with Crippen LogP contribution >= 0.6 is 11.3 Å². The fourth-order valence-electron chi connectivity index (χ4n) is 2.33. The number of aromatic nitrogens is 1. The van der Waals surface area contributed by atoms with Crippen molar-refractivity contribution in [3.63, 3.8) is 0 Å². The third-order valence-electron chi connectivity index (χ3n) is 3.85. The second kappa shape index (κ2) is 7.34. The lowest BCUT2D eigenvalue weighted by molar-refractivity contribution is -0.137. The maximum Gasteiger partial charge on any atom is 0.416 e. The molecule has 1 amide bonds. The molecule has 130 valence electrons. The van der Waals surface area contributed by atoms with E-state index in [2.05, 4.69) is 4.98 Å². The molecular formula is C17H19F3N2OS. The maximum atomic E-state index is 12.8. The van der Waals surface area contributed by atoms with Crippen LogP contribution in [0.3, 0.4) is 0 Å². The molecule has 0 radical (unpaired) electrons. The van der Waals surface area contributed by atoms with E-state index in [0.717, 1.165) is 25.0 Å². The summed E-state index contributed by atoms with van der Waals surface area (Å²) in [5.74, 6) is -0.217. The predicted molar refractivity (Wildman–Crippen MR) is 89.0 cm³/mol. The summed E-state index contributed by atoms with van der Waals surface area (Å²) in [5.41, 5.74) is -0.104. The van der Waals surface area contributed by atoms with Gasteiger partial charge in [-0.25, -0.2) is 4.98 Å². The van der Waals surface area contributed by atoms with Gasteiger partial charge in [-0.2, -0.15) is 13.2 Å². The Morgan fingerprint density at radius 2 is 2.08 bits per heavy atom. The van der Waals surface area contributed by atoms with Crippen molar-refractivity contribution < 1.29 is 18.0 Å². The second-order valence-electron chi connectivity index (χ2n) is 5.67. The lowest BCUT2D eigenvalue weighted by Crippen LogP contribution is -2.35. The number of alkyl halides is 3. The standard InChI is InChI=1S/C17H19F3N2OS/c1-4-6-11(2)22(3)16(23)14-10-24-15(21-14)12-7-5-8-13(9-12)17(18,19)20/h5,7-11H,4,6H2,1-3H3. The van der Waals surface area contributed by atoms with Crippen molar-refractivity contribution in [1.82, 2.24) is 9.88 Å². The summed E-state index contributed by atoms with van der Waals surface area (Å²) in [4.78, 5) is 18.3. The van der Waals surface area contributed by atoms with Gasteiger partial charge in [0.15, 0.2) is 0 Å². The molecule has 1 aromatic heterocycles. The smallest absolute Gasteiger partial charge is 0.338 e. The minimum Gasteiger partial charge on any atom is -0.338 e. The van der Waals surface area contributed by atoms with Gasteiger partial charge in [-0.05, 0) is 25.5 Å². The Labute approximate surface area is 143 Å². The number of nitrogens with zero attached hydrogens (tertiary/aromatic N) is 2. The molecule has 0 aliphatic heterocycles. The van der Waals surface area contributed by atoms with Crippen LogP contribution in [-0.4, -0.2) is 28.9 Å². The summed E-state index contributed by atoms with van der Waals surface area (Å²) in [6.45, 7) is 4.00. The topological polar surface area (TPSA) is 33.2 Å². The molecule has 0 spiro atoms. The van der Waals surface area contributed by atoms with Crippen molar-refractivity contribution in [1.29, 1.82) is 0 Å². The zero-order chi connectivity index (χ0) is 17.9. The van der Waals surface area contributed by atoms with Crippen LogP contribution in [-0.2, 0) is 6.18 Å². The Morgan fingerprint density at radius 3 is 2.71 bits per heavy atom. The summed E-state index contributed by atoms with van der Waals surface area (Å²) in [6.07, 6.45) is -2.56. The average Bonchev–Trinajstić information content (AvgIpc) is 3.03. The van der Waals surface area contributed by atoms with Gasteiger partial charge in [0.25, 0.3) is 5.91 Å². The molecule has 1 aromatic carbocycles. The summed E-state index contributed by atoms with van der Waals surface area (Å²) in [6, 6.07) is 5.06. The molecule has 2 rings (SSSR count). The van der Waals surface area contributed by atoms with Crippen molar-refractivity contribution in [3.05, 3.63) is 40.9 Å². The summed E-state index contributed by atoms with van der Waals surface area (Å²) in [7, 11) is 1.71. The zero-order valence-electron chi connectivity index (χ0n) is 13.7. The molecule has 0 aliphatic carbocycles. The van der Waals surface area contributed by atoms with Gasteiger partial charge in [-0.15, -0.1) is 11.3 Å². The lowest BCUT2D eigenvalue weighted by Gasteiger charge is -2.23. The highest BCUT2D eigenvalue weighted by atomic mass is 32.1. The summed E-state index contributed by atoms with van der Waals surface area (Å²) in [5, 5.41) is 1.99. The molecule has 1 heterocycles. The fourth-order valence-corrected chi connectivity index (χ4v) is 3.12. The number of carbonyl (C=O) groups excluding carboxylic acids is 1. The molecule has 1 atom stereocenters. The normalized spacial score (nSPS) is 12.9. The number of amides is 1. The monoisotopic (exact) mass is 356 g/mol. The average molecular weight is 356 g/mol. The lowest BCUT2D eigenvalue weighted by atomic mass is 10.1. The van der Waals surface area contributed by atoms with Gasteiger partial charge in [-0.1, -0.05) is 25.5 Å². The van der Waals surface area contributed by atoms with Gasteiger partial charge in [0.1, 0.15) is 10.7 Å². The van der Waals surface area contributed by atoms with Crippen LogP contribution in [0, 0.1) is 0 Å². The molecule has 7 heteroatoms. The van der Waals surface area contributed by atoms with Crippen molar-refractivity contribution in [2.45, 2.75) is 38.9 Å². The van der Waals surface area contributed by atoms with Crippen LogP contribution in [0.2, 0.25) is 0 Å². The molecular weight excluding hydrogens is 337 g/mol. The number of hydrogen-bond acceptors (Lipinski definition) is 3. The maximum absolute atomic E-state index is 12.8. The third kappa shape index (κ3) is 4.14. The van der Waals surface area contributed by atoms with E-state index in [4.69, 9.17) is 0 Å². The first-order chi connectivity index (χ1) is 11.2. The van der Waals surface area contributed by atoms with Gasteiger partial charge in [-0.3, -0.25) is 4.79 Å². The molecule has 0 fully saturated rings. The van der Waals surface area contributed by atoms with Crippen molar-refractivity contribution in [3.8, 4) is 10.6 Å². The Bertz CT molecular complexity index is 712. The van der Waals surface area contributed by atoms with Crippen molar-refractivity contribution in [2.75, 3.05) is 7.05 Å². The molecule has 3 nitrogen and oxygen atoms in total. The summed E-state index contributed by atoms with van der Waals surface area (Å²) >= 11 is 1.17. The van der Waals surface area contributed by atoms with Gasteiger partial charge < -0.3 is 4.90 Å². The van der Waals surface area contributed by atoms with Crippen LogP contribution in [0.25, 0.3) is 10.6 Å². The Morgan fingerprint density at radius 1 is 1.38 bits per heavy atom. The fraction of sp³-hybridized carbons (Fsp3) is 0.412. The number of halogens is 3. The van der Waals surface area contributed by atoms with Crippen LogP contribution in [0.15, 0.2) is 29.6 Å². The number of hydrogen-bond donors (Lipinski definition) is 0. The number of carbonyl (C=O) groups is 1. The molecule has 24 heavy (non-hydrogen) atoms. The van der Waals surface area contributed by atoms with E-state index in [-0.39, 0.29) is 17.6 Å². The number of benzene rings is 1. The van der Waals surface area contributed by atoms with E-state index in [0.29, 0.717) is 10.6 Å². The van der Waals surface area contributed by atoms with E-state index in [1.54, 1.807) is 23.4 Å². The first kappa shape index (κ1) is 18.4. The quantitative estimate of drug-likeness (QED) is 0.748.